The molecule has 3 atom stereocenters. The highest BCUT2D eigenvalue weighted by Gasteiger charge is 2.43. The molecule has 6 nitrogen and oxygen atoms in total. The molecule has 3 aliphatic rings. The Balaban J connectivity index is 1.67. The summed E-state index contributed by atoms with van der Waals surface area (Å²) in [6, 6.07) is 6.70. The number of aliphatic imine (C=N–C) groups is 1. The zero-order chi connectivity index (χ0) is 19.7. The van der Waals surface area contributed by atoms with Crippen molar-refractivity contribution in [2.75, 3.05) is 13.2 Å². The standard InChI is InChI=1S/C22H25NO5/c1-13-19(22(26)28-12-16-4-3-11-27-16)20(14-7-9-15(24)10-8-14)21-17(23-13)5-2-6-18(21)25/h7-10,16,19-20,24H,2-6,11-12H2,1H3/t16-,19?,20-/m0/s1. The highest BCUT2D eigenvalue weighted by atomic mass is 16.6. The maximum absolute atomic E-state index is 13.1. The molecule has 1 aromatic rings. The van der Waals surface area contributed by atoms with Crippen LogP contribution in [0.25, 0.3) is 0 Å². The second kappa shape index (κ2) is 7.87. The number of benzene rings is 1. The lowest BCUT2D eigenvalue weighted by molar-refractivity contribution is -0.149. The number of hydrogen-bond donors (Lipinski definition) is 1. The fourth-order valence-corrected chi connectivity index (χ4v) is 4.39. The number of ether oxygens (including phenoxy) is 2. The maximum atomic E-state index is 13.1. The molecular weight excluding hydrogens is 358 g/mol. The monoisotopic (exact) mass is 383 g/mol. The number of Topliss-reactive ketones (excluding diaryl/α,β-unsaturated/α-hetero) is 1. The number of hydrogen-bond acceptors (Lipinski definition) is 6. The van der Waals surface area contributed by atoms with Crippen molar-refractivity contribution in [3.63, 3.8) is 0 Å². The van der Waals surface area contributed by atoms with Gasteiger partial charge in [-0.05, 0) is 50.3 Å². The first kappa shape index (κ1) is 18.9. The van der Waals surface area contributed by atoms with Gasteiger partial charge in [0.2, 0.25) is 0 Å². The number of carbonyl (C=O) groups excluding carboxylic acids is 2. The van der Waals surface area contributed by atoms with Gasteiger partial charge in [0, 0.05) is 35.9 Å². The van der Waals surface area contributed by atoms with Crippen molar-refractivity contribution in [2.24, 2.45) is 10.9 Å². The molecule has 0 radical (unpaired) electrons. The number of carbonyl (C=O) groups is 2. The Kier molecular flexibility index (Phi) is 5.31. The lowest BCUT2D eigenvalue weighted by atomic mass is 9.72. The number of allylic oxidation sites excluding steroid dienone is 2. The summed E-state index contributed by atoms with van der Waals surface area (Å²) >= 11 is 0. The van der Waals surface area contributed by atoms with E-state index in [4.69, 9.17) is 9.47 Å². The highest BCUT2D eigenvalue weighted by molar-refractivity contribution is 6.08. The molecule has 4 rings (SSSR count). The summed E-state index contributed by atoms with van der Waals surface area (Å²) in [7, 11) is 0. The van der Waals surface area contributed by atoms with Crippen LogP contribution in [-0.4, -0.2) is 41.9 Å². The number of esters is 1. The van der Waals surface area contributed by atoms with Crippen LogP contribution < -0.4 is 0 Å². The second-order valence-electron chi connectivity index (χ2n) is 7.70. The molecule has 0 bridgehead atoms. The number of ketones is 1. The van der Waals surface area contributed by atoms with Gasteiger partial charge >= 0.3 is 5.97 Å². The molecule has 1 unspecified atom stereocenters. The van der Waals surface area contributed by atoms with Gasteiger partial charge in [-0.25, -0.2) is 0 Å². The van der Waals surface area contributed by atoms with Crippen molar-refractivity contribution in [2.45, 2.75) is 51.0 Å². The first-order valence-corrected chi connectivity index (χ1v) is 9.93. The molecule has 1 N–H and O–H groups in total. The van der Waals surface area contributed by atoms with E-state index >= 15 is 0 Å². The molecule has 0 saturated carbocycles. The SMILES string of the molecule is CC1=NC2=C(C(=O)CCC2)[C@@H](c2ccc(O)cc2)C1C(=O)OC[C@@H]1CCCO1. The van der Waals surface area contributed by atoms with Crippen molar-refractivity contribution >= 4 is 17.5 Å². The van der Waals surface area contributed by atoms with E-state index in [1.54, 1.807) is 24.3 Å². The number of rotatable bonds is 4. The van der Waals surface area contributed by atoms with E-state index in [1.165, 1.54) is 0 Å². The second-order valence-corrected chi connectivity index (χ2v) is 7.70. The van der Waals surface area contributed by atoms with Crippen LogP contribution in [0.3, 0.4) is 0 Å². The minimum absolute atomic E-state index is 0.0486. The Labute approximate surface area is 164 Å². The summed E-state index contributed by atoms with van der Waals surface area (Å²) in [6.07, 6.45) is 3.81. The van der Waals surface area contributed by atoms with Gasteiger partial charge in [-0.15, -0.1) is 0 Å². The molecule has 2 heterocycles. The van der Waals surface area contributed by atoms with Gasteiger partial charge in [0.25, 0.3) is 0 Å². The van der Waals surface area contributed by atoms with Gasteiger partial charge in [-0.3, -0.25) is 14.6 Å². The van der Waals surface area contributed by atoms with Crippen LogP contribution >= 0.6 is 0 Å². The zero-order valence-corrected chi connectivity index (χ0v) is 16.0. The average molecular weight is 383 g/mol. The number of nitrogens with zero attached hydrogens (tertiary/aromatic N) is 1. The van der Waals surface area contributed by atoms with Crippen LogP contribution in [0.1, 0.15) is 50.5 Å². The molecule has 0 spiro atoms. The van der Waals surface area contributed by atoms with Crippen LogP contribution in [0.4, 0.5) is 0 Å². The Hall–Kier alpha value is -2.47. The summed E-state index contributed by atoms with van der Waals surface area (Å²) in [5.74, 6) is -1.26. The van der Waals surface area contributed by atoms with E-state index in [1.807, 2.05) is 6.92 Å². The van der Waals surface area contributed by atoms with Gasteiger partial charge in [0.15, 0.2) is 5.78 Å². The summed E-state index contributed by atoms with van der Waals surface area (Å²) in [5.41, 5.74) is 2.90. The van der Waals surface area contributed by atoms with Gasteiger partial charge in [-0.2, -0.15) is 0 Å². The summed E-state index contributed by atoms with van der Waals surface area (Å²) in [6.45, 7) is 2.76. The Morgan fingerprint density at radius 3 is 2.75 bits per heavy atom. The smallest absolute Gasteiger partial charge is 0.315 e. The average Bonchev–Trinajstić information content (AvgIpc) is 3.19. The van der Waals surface area contributed by atoms with Gasteiger partial charge < -0.3 is 14.6 Å². The minimum atomic E-state index is -0.647. The molecular formula is C22H25NO5. The first-order valence-electron chi connectivity index (χ1n) is 9.93. The van der Waals surface area contributed by atoms with Crippen LogP contribution in [0.2, 0.25) is 0 Å². The van der Waals surface area contributed by atoms with Crippen LogP contribution in [0, 0.1) is 5.92 Å². The minimum Gasteiger partial charge on any atom is -0.508 e. The van der Waals surface area contributed by atoms with Crippen LogP contribution in [-0.2, 0) is 19.1 Å². The maximum Gasteiger partial charge on any atom is 0.315 e. The van der Waals surface area contributed by atoms with Crippen LogP contribution in [0.15, 0.2) is 40.5 Å². The van der Waals surface area contributed by atoms with E-state index in [0.29, 0.717) is 24.3 Å². The van der Waals surface area contributed by atoms with Crippen molar-refractivity contribution in [3.05, 3.63) is 41.1 Å². The van der Waals surface area contributed by atoms with Crippen molar-refractivity contribution in [1.29, 1.82) is 0 Å². The molecule has 1 saturated heterocycles. The van der Waals surface area contributed by atoms with Gasteiger partial charge in [0.05, 0.1) is 6.10 Å². The van der Waals surface area contributed by atoms with Crippen molar-refractivity contribution in [1.82, 2.24) is 0 Å². The Morgan fingerprint density at radius 2 is 2.04 bits per heavy atom. The van der Waals surface area contributed by atoms with Gasteiger partial charge in [0.1, 0.15) is 18.3 Å². The summed E-state index contributed by atoms with van der Waals surface area (Å²) in [5, 5.41) is 9.66. The molecule has 6 heteroatoms. The largest absolute Gasteiger partial charge is 0.508 e. The zero-order valence-electron chi connectivity index (χ0n) is 16.0. The molecule has 0 aromatic heterocycles. The summed E-state index contributed by atoms with van der Waals surface area (Å²) in [4.78, 5) is 30.5. The predicted molar refractivity (Wildman–Crippen MR) is 103 cm³/mol. The molecule has 1 fully saturated rings. The topological polar surface area (TPSA) is 85.2 Å². The third-order valence-corrected chi connectivity index (χ3v) is 5.78. The highest BCUT2D eigenvalue weighted by Crippen LogP contribution is 2.43. The van der Waals surface area contributed by atoms with E-state index in [9.17, 15) is 14.7 Å². The van der Waals surface area contributed by atoms with E-state index in [-0.39, 0.29) is 30.2 Å². The Bertz CT molecular complexity index is 833. The molecule has 28 heavy (non-hydrogen) atoms. The molecule has 1 aliphatic carbocycles. The molecule has 148 valence electrons. The predicted octanol–water partition coefficient (Wildman–Crippen LogP) is 3.30. The van der Waals surface area contributed by atoms with E-state index in [0.717, 1.165) is 36.9 Å². The summed E-state index contributed by atoms with van der Waals surface area (Å²) < 4.78 is 11.1. The lowest BCUT2D eigenvalue weighted by Gasteiger charge is -2.34. The van der Waals surface area contributed by atoms with Crippen molar-refractivity contribution < 1.29 is 24.2 Å². The normalized spacial score (nSPS) is 27.4. The molecule has 0 amide bonds. The van der Waals surface area contributed by atoms with E-state index in [2.05, 4.69) is 4.99 Å². The number of phenolic OH excluding ortho intramolecular Hbond substituents is 1. The lowest BCUT2D eigenvalue weighted by Crippen LogP contribution is -2.38. The van der Waals surface area contributed by atoms with Crippen LogP contribution in [0.5, 0.6) is 5.75 Å². The quantitative estimate of drug-likeness (QED) is 0.807. The molecule has 2 aliphatic heterocycles. The first-order chi connectivity index (χ1) is 13.5. The molecule has 1 aromatic carbocycles. The number of aromatic hydroxyl groups is 1. The number of phenols is 1. The van der Waals surface area contributed by atoms with Gasteiger partial charge in [-0.1, -0.05) is 12.1 Å². The van der Waals surface area contributed by atoms with E-state index < -0.39 is 11.8 Å². The van der Waals surface area contributed by atoms with Crippen molar-refractivity contribution in [3.8, 4) is 5.75 Å². The Morgan fingerprint density at radius 1 is 1.25 bits per heavy atom. The fraction of sp³-hybridized carbons (Fsp3) is 0.500. The third-order valence-electron chi connectivity index (χ3n) is 5.78. The third kappa shape index (κ3) is 3.61. The fourth-order valence-electron chi connectivity index (χ4n) is 4.39.